The number of halogens is 1. The van der Waals surface area contributed by atoms with Gasteiger partial charge >= 0.3 is 0 Å². The largest absolute Gasteiger partial charge is 0.361 e. The molecule has 156 valence electrons. The van der Waals surface area contributed by atoms with Crippen molar-refractivity contribution < 1.29 is 9.18 Å². The zero-order valence-corrected chi connectivity index (χ0v) is 17.7. The van der Waals surface area contributed by atoms with E-state index in [1.807, 2.05) is 30.5 Å². The highest BCUT2D eigenvalue weighted by molar-refractivity contribution is 5.87. The third-order valence-electron chi connectivity index (χ3n) is 5.68. The lowest BCUT2D eigenvalue weighted by molar-refractivity contribution is 0.0853. The number of benzene rings is 2. The SMILES string of the molecule is CC1Cc2c([nH]c3ccccc23)CN1CC(C)(C)F.O=Cc1ccc2cc[nH]c2c1. The number of aromatic amines is 2. The van der Waals surface area contributed by atoms with E-state index >= 15 is 0 Å². The van der Waals surface area contributed by atoms with Crippen molar-refractivity contribution in [1.29, 1.82) is 0 Å². The zero-order valence-electron chi connectivity index (χ0n) is 17.7. The summed E-state index contributed by atoms with van der Waals surface area (Å²) in [6.07, 6.45) is 3.70. The Morgan fingerprint density at radius 3 is 2.73 bits per heavy atom. The molecule has 0 spiro atoms. The van der Waals surface area contributed by atoms with Crippen LogP contribution in [0.15, 0.2) is 54.7 Å². The molecule has 0 saturated carbocycles. The van der Waals surface area contributed by atoms with Crippen LogP contribution in [0.25, 0.3) is 21.8 Å². The van der Waals surface area contributed by atoms with Crippen molar-refractivity contribution in [3.8, 4) is 0 Å². The normalized spacial score (nSPS) is 16.9. The fourth-order valence-electron chi connectivity index (χ4n) is 4.24. The first-order valence-corrected chi connectivity index (χ1v) is 10.4. The van der Waals surface area contributed by atoms with Gasteiger partial charge < -0.3 is 9.97 Å². The zero-order chi connectivity index (χ0) is 21.3. The van der Waals surface area contributed by atoms with Crippen LogP contribution in [0.3, 0.4) is 0 Å². The van der Waals surface area contributed by atoms with Crippen molar-refractivity contribution in [2.24, 2.45) is 0 Å². The molecule has 4 aromatic rings. The molecule has 0 fully saturated rings. The second-order valence-electron chi connectivity index (χ2n) is 8.75. The molecule has 1 atom stereocenters. The molecule has 5 heteroatoms. The molecule has 1 aliphatic rings. The van der Waals surface area contributed by atoms with Gasteiger partial charge in [0.05, 0.1) is 0 Å². The van der Waals surface area contributed by atoms with Crippen LogP contribution in [0.4, 0.5) is 4.39 Å². The Labute approximate surface area is 176 Å². The van der Waals surface area contributed by atoms with E-state index in [1.54, 1.807) is 13.8 Å². The van der Waals surface area contributed by atoms with Crippen molar-refractivity contribution in [2.75, 3.05) is 6.54 Å². The van der Waals surface area contributed by atoms with Crippen molar-refractivity contribution in [3.63, 3.8) is 0 Å². The maximum absolute atomic E-state index is 13.9. The van der Waals surface area contributed by atoms with Crippen LogP contribution in [0.5, 0.6) is 0 Å². The first-order valence-electron chi connectivity index (χ1n) is 10.4. The smallest absolute Gasteiger partial charge is 0.150 e. The quantitative estimate of drug-likeness (QED) is 0.433. The number of hydrogen-bond donors (Lipinski definition) is 2. The number of alkyl halides is 1. The highest BCUT2D eigenvalue weighted by Gasteiger charge is 2.30. The Kier molecular flexibility index (Phi) is 5.48. The summed E-state index contributed by atoms with van der Waals surface area (Å²) in [6.45, 7) is 6.80. The number of carbonyl (C=O) groups is 1. The van der Waals surface area contributed by atoms with E-state index in [1.165, 1.54) is 22.2 Å². The van der Waals surface area contributed by atoms with Gasteiger partial charge in [-0.15, -0.1) is 0 Å². The topological polar surface area (TPSA) is 51.9 Å². The molecule has 0 bridgehead atoms. The van der Waals surface area contributed by atoms with Gasteiger partial charge in [0.1, 0.15) is 12.0 Å². The van der Waals surface area contributed by atoms with Crippen molar-refractivity contribution in [3.05, 3.63) is 71.5 Å². The number of para-hydroxylation sites is 1. The van der Waals surface area contributed by atoms with E-state index in [9.17, 15) is 9.18 Å². The minimum absolute atomic E-state index is 0.390. The molecule has 3 heterocycles. The number of fused-ring (bicyclic) bond motifs is 4. The first-order chi connectivity index (χ1) is 14.3. The Morgan fingerprint density at radius 1 is 1.17 bits per heavy atom. The fraction of sp³-hybridized carbons (Fsp3) is 0.320. The number of hydrogen-bond acceptors (Lipinski definition) is 2. The van der Waals surface area contributed by atoms with Crippen LogP contribution < -0.4 is 0 Å². The van der Waals surface area contributed by atoms with Gasteiger partial charge in [-0.05, 0) is 56.3 Å². The van der Waals surface area contributed by atoms with E-state index in [-0.39, 0.29) is 0 Å². The lowest BCUT2D eigenvalue weighted by atomic mass is 9.96. The van der Waals surface area contributed by atoms with Crippen LogP contribution in [0.2, 0.25) is 0 Å². The number of rotatable bonds is 3. The monoisotopic (exact) mass is 405 g/mol. The number of nitrogens with zero attached hydrogens (tertiary/aromatic N) is 1. The molecule has 1 aliphatic heterocycles. The van der Waals surface area contributed by atoms with Gasteiger partial charge in [-0.2, -0.15) is 0 Å². The third-order valence-corrected chi connectivity index (χ3v) is 5.68. The number of aromatic nitrogens is 2. The summed E-state index contributed by atoms with van der Waals surface area (Å²) in [6, 6.07) is 16.4. The summed E-state index contributed by atoms with van der Waals surface area (Å²) < 4.78 is 13.9. The molecular formula is C25H28FN3O. The van der Waals surface area contributed by atoms with E-state index in [0.717, 1.165) is 30.2 Å². The summed E-state index contributed by atoms with van der Waals surface area (Å²) in [5, 5.41) is 2.46. The average Bonchev–Trinajstić information content (AvgIpc) is 3.31. The predicted molar refractivity (Wildman–Crippen MR) is 121 cm³/mol. The molecule has 30 heavy (non-hydrogen) atoms. The molecule has 2 aromatic carbocycles. The van der Waals surface area contributed by atoms with Gasteiger partial charge in [0.15, 0.2) is 0 Å². The van der Waals surface area contributed by atoms with E-state index in [0.29, 0.717) is 18.2 Å². The molecule has 0 aliphatic carbocycles. The number of H-pyrrole nitrogens is 2. The third kappa shape index (κ3) is 4.31. The van der Waals surface area contributed by atoms with Gasteiger partial charge in [-0.3, -0.25) is 9.69 Å². The maximum Gasteiger partial charge on any atom is 0.150 e. The summed E-state index contributed by atoms with van der Waals surface area (Å²) in [4.78, 5) is 19.1. The molecular weight excluding hydrogens is 377 g/mol. The maximum atomic E-state index is 13.9. The molecule has 4 nitrogen and oxygen atoms in total. The van der Waals surface area contributed by atoms with Crippen LogP contribution >= 0.6 is 0 Å². The van der Waals surface area contributed by atoms with Gasteiger partial charge in [-0.1, -0.05) is 30.3 Å². The Hall–Kier alpha value is -2.92. The minimum Gasteiger partial charge on any atom is -0.361 e. The standard InChI is InChI=1S/C16H21FN2.C9H7NO/c1-11-8-13-12-6-4-5-7-14(12)18-15(13)9-19(11)10-16(2,3)17;11-6-7-1-2-8-3-4-10-9(8)5-7/h4-7,11,18H,8-10H2,1-3H3;1-6,10H. The first kappa shape index (κ1) is 20.4. The lowest BCUT2D eigenvalue weighted by Crippen LogP contribution is -2.44. The van der Waals surface area contributed by atoms with Crippen LogP contribution in [0, 0.1) is 0 Å². The van der Waals surface area contributed by atoms with Crippen molar-refractivity contribution in [2.45, 2.75) is 45.4 Å². The molecule has 2 N–H and O–H groups in total. The molecule has 0 saturated heterocycles. The number of aldehydes is 1. The molecule has 0 amide bonds. The van der Waals surface area contributed by atoms with Crippen molar-refractivity contribution >= 4 is 28.1 Å². The second kappa shape index (κ2) is 8.07. The van der Waals surface area contributed by atoms with Gasteiger partial charge in [0, 0.05) is 53.0 Å². The van der Waals surface area contributed by atoms with Crippen molar-refractivity contribution in [1.82, 2.24) is 14.9 Å². The van der Waals surface area contributed by atoms with Gasteiger partial charge in [0.25, 0.3) is 0 Å². The van der Waals surface area contributed by atoms with Crippen LogP contribution in [-0.2, 0) is 13.0 Å². The van der Waals surface area contributed by atoms with E-state index < -0.39 is 5.67 Å². The summed E-state index contributed by atoms with van der Waals surface area (Å²) in [7, 11) is 0. The van der Waals surface area contributed by atoms with Gasteiger partial charge in [-0.25, -0.2) is 4.39 Å². The predicted octanol–water partition coefficient (Wildman–Crippen LogP) is 5.64. The van der Waals surface area contributed by atoms with E-state index in [2.05, 4.69) is 46.1 Å². The summed E-state index contributed by atoms with van der Waals surface area (Å²) in [5.74, 6) is 0. The summed E-state index contributed by atoms with van der Waals surface area (Å²) in [5.41, 5.74) is 4.44. The number of nitrogens with one attached hydrogen (secondary N) is 2. The van der Waals surface area contributed by atoms with Crippen LogP contribution in [-0.4, -0.2) is 39.4 Å². The highest BCUT2D eigenvalue weighted by Crippen LogP contribution is 2.31. The van der Waals surface area contributed by atoms with E-state index in [4.69, 9.17) is 0 Å². The fourth-order valence-corrected chi connectivity index (χ4v) is 4.24. The summed E-state index contributed by atoms with van der Waals surface area (Å²) >= 11 is 0. The average molecular weight is 406 g/mol. The molecule has 5 rings (SSSR count). The Balaban J connectivity index is 0.000000168. The highest BCUT2D eigenvalue weighted by atomic mass is 19.1. The minimum atomic E-state index is -1.14. The molecule has 1 unspecified atom stereocenters. The van der Waals surface area contributed by atoms with Crippen LogP contribution in [0.1, 0.15) is 42.4 Å². The van der Waals surface area contributed by atoms with Gasteiger partial charge in [0.2, 0.25) is 0 Å². The second-order valence-corrected chi connectivity index (χ2v) is 8.75. The molecule has 2 aromatic heterocycles. The molecule has 0 radical (unpaired) electrons. The number of carbonyl (C=O) groups excluding carboxylic acids is 1. The Morgan fingerprint density at radius 2 is 1.97 bits per heavy atom. The lowest BCUT2D eigenvalue weighted by Gasteiger charge is -2.36. The Bertz CT molecular complexity index is 1170.